The number of aromatic nitrogens is 3. The summed E-state index contributed by atoms with van der Waals surface area (Å²) < 4.78 is 6.12. The maximum atomic E-state index is 10.9. The molecule has 0 saturated heterocycles. The molecule has 182 valence electrons. The minimum atomic E-state index is 0.138. The molecule has 0 radical (unpaired) electrons. The highest BCUT2D eigenvalue weighted by Crippen LogP contribution is 2.35. The zero-order valence-electron chi connectivity index (χ0n) is 21.2. The van der Waals surface area contributed by atoms with Crippen molar-refractivity contribution in [2.75, 3.05) is 6.61 Å². The van der Waals surface area contributed by atoms with Crippen LogP contribution in [0.4, 0.5) is 0 Å². The topological polar surface area (TPSA) is 68.1 Å². The molecule has 2 aromatic carbocycles. The molecule has 0 fully saturated rings. The van der Waals surface area contributed by atoms with E-state index in [0.717, 1.165) is 41.7 Å². The highest BCUT2D eigenvalue weighted by Gasteiger charge is 2.16. The predicted molar refractivity (Wildman–Crippen MR) is 139 cm³/mol. The number of hydrogen-bond donors (Lipinski definition) is 1. The summed E-state index contributed by atoms with van der Waals surface area (Å²) in [7, 11) is 0. The fourth-order valence-corrected chi connectivity index (χ4v) is 4.20. The summed E-state index contributed by atoms with van der Waals surface area (Å²) in [5.41, 5.74) is 5.02. The highest BCUT2D eigenvalue weighted by molar-refractivity contribution is 5.69. The predicted octanol–water partition coefficient (Wildman–Crippen LogP) is 7.61. The molecule has 3 rings (SSSR count). The minimum Gasteiger partial charge on any atom is -0.507 e. The average molecular weight is 462 g/mol. The molecule has 5 nitrogen and oxygen atoms in total. The molecule has 34 heavy (non-hydrogen) atoms. The summed E-state index contributed by atoms with van der Waals surface area (Å²) in [5.74, 6) is 2.01. The van der Waals surface area contributed by atoms with E-state index < -0.39 is 0 Å². The SMILES string of the molecule is CCCCCCOc1cc(O)c(-c2ncnc(-c3ccc(C)cc3C)n2)cc1CCCCCC. The van der Waals surface area contributed by atoms with E-state index in [9.17, 15) is 5.11 Å². The van der Waals surface area contributed by atoms with E-state index in [2.05, 4.69) is 49.8 Å². The normalized spacial score (nSPS) is 11.1. The second-order valence-corrected chi connectivity index (χ2v) is 9.15. The van der Waals surface area contributed by atoms with Crippen molar-refractivity contribution in [3.05, 3.63) is 53.3 Å². The third kappa shape index (κ3) is 7.02. The van der Waals surface area contributed by atoms with Crippen LogP contribution >= 0.6 is 0 Å². The van der Waals surface area contributed by atoms with Crippen LogP contribution in [0.2, 0.25) is 0 Å². The molecule has 1 heterocycles. The van der Waals surface area contributed by atoms with Crippen LogP contribution in [-0.4, -0.2) is 26.7 Å². The van der Waals surface area contributed by atoms with Gasteiger partial charge in [0, 0.05) is 11.6 Å². The number of ether oxygens (including phenoxy) is 1. The van der Waals surface area contributed by atoms with Gasteiger partial charge in [-0.2, -0.15) is 0 Å². The molecule has 0 aliphatic carbocycles. The van der Waals surface area contributed by atoms with E-state index in [4.69, 9.17) is 9.72 Å². The second-order valence-electron chi connectivity index (χ2n) is 9.15. The Morgan fingerprint density at radius 3 is 2.21 bits per heavy atom. The van der Waals surface area contributed by atoms with Gasteiger partial charge >= 0.3 is 0 Å². The first kappa shape index (κ1) is 25.7. The van der Waals surface area contributed by atoms with E-state index >= 15 is 0 Å². The number of aromatic hydroxyl groups is 1. The quantitative estimate of drug-likeness (QED) is 0.265. The van der Waals surface area contributed by atoms with E-state index in [1.165, 1.54) is 50.4 Å². The van der Waals surface area contributed by atoms with Gasteiger partial charge in [-0.15, -0.1) is 0 Å². The van der Waals surface area contributed by atoms with Crippen LogP contribution < -0.4 is 4.74 Å². The molecule has 5 heteroatoms. The molecule has 0 atom stereocenters. The number of unbranched alkanes of at least 4 members (excludes halogenated alkanes) is 6. The van der Waals surface area contributed by atoms with E-state index in [1.54, 1.807) is 6.07 Å². The van der Waals surface area contributed by atoms with E-state index in [1.807, 2.05) is 12.1 Å². The molecule has 0 spiro atoms. The molecule has 0 saturated carbocycles. The van der Waals surface area contributed by atoms with Gasteiger partial charge in [-0.3, -0.25) is 0 Å². The summed E-state index contributed by atoms with van der Waals surface area (Å²) >= 11 is 0. The van der Waals surface area contributed by atoms with Crippen molar-refractivity contribution in [3.63, 3.8) is 0 Å². The van der Waals surface area contributed by atoms with Crippen molar-refractivity contribution in [2.24, 2.45) is 0 Å². The lowest BCUT2D eigenvalue weighted by molar-refractivity contribution is 0.300. The minimum absolute atomic E-state index is 0.138. The summed E-state index contributed by atoms with van der Waals surface area (Å²) in [4.78, 5) is 13.5. The van der Waals surface area contributed by atoms with Gasteiger partial charge in [0.25, 0.3) is 0 Å². The lowest BCUT2D eigenvalue weighted by Gasteiger charge is -2.15. The molecule has 1 N–H and O–H groups in total. The molecule has 0 amide bonds. The molecule has 0 bridgehead atoms. The van der Waals surface area contributed by atoms with Gasteiger partial charge in [0.2, 0.25) is 0 Å². The Morgan fingerprint density at radius 2 is 1.50 bits per heavy atom. The van der Waals surface area contributed by atoms with Crippen LogP contribution in [0.25, 0.3) is 22.8 Å². The van der Waals surface area contributed by atoms with Crippen LogP contribution in [-0.2, 0) is 6.42 Å². The van der Waals surface area contributed by atoms with Gasteiger partial charge < -0.3 is 9.84 Å². The molecule has 1 aromatic heterocycles. The van der Waals surface area contributed by atoms with Crippen molar-refractivity contribution in [1.29, 1.82) is 0 Å². The van der Waals surface area contributed by atoms with Crippen LogP contribution in [0.5, 0.6) is 11.5 Å². The number of phenols is 1. The first-order valence-electron chi connectivity index (χ1n) is 12.8. The Hall–Kier alpha value is -2.95. The zero-order valence-corrected chi connectivity index (χ0v) is 21.2. The number of benzene rings is 2. The molecule has 0 unspecified atom stereocenters. The zero-order chi connectivity index (χ0) is 24.3. The number of rotatable bonds is 13. The first-order valence-corrected chi connectivity index (χ1v) is 12.8. The van der Waals surface area contributed by atoms with Gasteiger partial charge in [0.15, 0.2) is 11.6 Å². The smallest absolute Gasteiger partial charge is 0.167 e. The van der Waals surface area contributed by atoms with Crippen molar-refractivity contribution in [2.45, 2.75) is 85.5 Å². The summed E-state index contributed by atoms with van der Waals surface area (Å²) in [6.45, 7) is 9.23. The number of nitrogens with zero attached hydrogens (tertiary/aromatic N) is 3. The second kappa shape index (κ2) is 13.1. The van der Waals surface area contributed by atoms with Crippen molar-refractivity contribution < 1.29 is 9.84 Å². The lowest BCUT2D eigenvalue weighted by atomic mass is 10.0. The van der Waals surface area contributed by atoms with Crippen LogP contribution in [0.3, 0.4) is 0 Å². The van der Waals surface area contributed by atoms with Gasteiger partial charge in [-0.05, 0) is 50.3 Å². The molecule has 0 aliphatic heterocycles. The van der Waals surface area contributed by atoms with Gasteiger partial charge in [0.05, 0.1) is 12.2 Å². The van der Waals surface area contributed by atoms with Crippen LogP contribution in [0.15, 0.2) is 36.7 Å². The third-order valence-electron chi connectivity index (χ3n) is 6.17. The Bertz CT molecular complexity index is 1070. The van der Waals surface area contributed by atoms with E-state index in [0.29, 0.717) is 23.8 Å². The fourth-order valence-electron chi connectivity index (χ4n) is 4.20. The average Bonchev–Trinajstić information content (AvgIpc) is 2.82. The molecule has 0 aliphatic rings. The molecular weight excluding hydrogens is 422 g/mol. The number of hydrogen-bond acceptors (Lipinski definition) is 5. The highest BCUT2D eigenvalue weighted by atomic mass is 16.5. The summed E-state index contributed by atoms with van der Waals surface area (Å²) in [6, 6.07) is 9.97. The van der Waals surface area contributed by atoms with Crippen LogP contribution in [0.1, 0.15) is 81.9 Å². The van der Waals surface area contributed by atoms with Gasteiger partial charge in [-0.25, -0.2) is 15.0 Å². The fraction of sp³-hybridized carbons (Fsp3) is 0.483. The van der Waals surface area contributed by atoms with E-state index in [-0.39, 0.29) is 5.75 Å². The summed E-state index contributed by atoms with van der Waals surface area (Å²) in [6.07, 6.45) is 11.8. The largest absolute Gasteiger partial charge is 0.507 e. The van der Waals surface area contributed by atoms with Crippen molar-refractivity contribution in [3.8, 4) is 34.3 Å². The maximum absolute atomic E-state index is 10.9. The maximum Gasteiger partial charge on any atom is 0.167 e. The monoisotopic (exact) mass is 461 g/mol. The Morgan fingerprint density at radius 1 is 0.794 bits per heavy atom. The molecule has 3 aromatic rings. The van der Waals surface area contributed by atoms with Crippen molar-refractivity contribution in [1.82, 2.24) is 15.0 Å². The standard InChI is InChI=1S/C29H39N3O2/c1-5-7-9-11-13-23-18-25(26(33)19-27(23)34-16-12-10-8-6-2)29-31-20-30-28(32-29)24-15-14-21(3)17-22(24)4/h14-15,17-20,33H,5-13,16H2,1-4H3. The lowest BCUT2D eigenvalue weighted by Crippen LogP contribution is -2.02. The number of phenolic OH excluding ortho intramolecular Hbond substituents is 1. The Kier molecular flexibility index (Phi) is 9.87. The number of aryl methyl sites for hydroxylation is 3. The van der Waals surface area contributed by atoms with Crippen LogP contribution in [0, 0.1) is 13.8 Å². The van der Waals surface area contributed by atoms with Gasteiger partial charge in [0.1, 0.15) is 17.8 Å². The Balaban J connectivity index is 1.89. The van der Waals surface area contributed by atoms with Crippen molar-refractivity contribution >= 4 is 0 Å². The van der Waals surface area contributed by atoms with Gasteiger partial charge in [-0.1, -0.05) is 76.1 Å². The first-order chi connectivity index (χ1) is 16.5. The third-order valence-corrected chi connectivity index (χ3v) is 6.17. The Labute approximate surface area is 204 Å². The molecular formula is C29H39N3O2. The summed E-state index contributed by atoms with van der Waals surface area (Å²) in [5, 5.41) is 10.9.